The molecule has 7 heteroatoms. The van der Waals surface area contributed by atoms with Crippen LogP contribution in [0.15, 0.2) is 17.3 Å². The zero-order valence-electron chi connectivity index (χ0n) is 14.5. The highest BCUT2D eigenvalue weighted by Gasteiger charge is 2.66. The molecule has 1 aliphatic heterocycles. The van der Waals surface area contributed by atoms with Gasteiger partial charge < -0.3 is 15.4 Å². The van der Waals surface area contributed by atoms with Gasteiger partial charge >= 0.3 is 0 Å². The summed E-state index contributed by atoms with van der Waals surface area (Å²) < 4.78 is 7.88. The van der Waals surface area contributed by atoms with Crippen LogP contribution in [0.2, 0.25) is 0 Å². The van der Waals surface area contributed by atoms with Crippen LogP contribution in [0.4, 0.5) is 0 Å². The number of hydrogen-bond donors (Lipinski definition) is 2. The van der Waals surface area contributed by atoms with Crippen LogP contribution in [-0.4, -0.2) is 41.0 Å². The van der Waals surface area contributed by atoms with E-state index in [1.807, 2.05) is 24.0 Å². The number of hydrogen-bond acceptors (Lipinski definition) is 3. The minimum atomic E-state index is 0. The van der Waals surface area contributed by atoms with Crippen LogP contribution in [0.25, 0.3) is 0 Å². The fraction of sp³-hybridized carbons (Fsp3) is 0.765. The smallest absolute Gasteiger partial charge is 0.191 e. The second-order valence-corrected chi connectivity index (χ2v) is 7.09. The molecule has 0 radical (unpaired) electrons. The van der Waals surface area contributed by atoms with Gasteiger partial charge in [-0.1, -0.05) is 6.42 Å². The number of ether oxygens (including phenoxy) is 1. The molecule has 6 nitrogen and oxygen atoms in total. The predicted octanol–water partition coefficient (Wildman–Crippen LogP) is 2.05. The quantitative estimate of drug-likeness (QED) is 0.423. The normalized spacial score (nSPS) is 30.1. The van der Waals surface area contributed by atoms with Gasteiger partial charge in [0.25, 0.3) is 0 Å². The van der Waals surface area contributed by atoms with Gasteiger partial charge in [-0.3, -0.25) is 4.68 Å². The number of fused-ring (bicyclic) bond motifs is 2. The second-order valence-electron chi connectivity index (χ2n) is 7.09. The van der Waals surface area contributed by atoms with Crippen molar-refractivity contribution in [1.82, 2.24) is 20.4 Å². The Bertz CT molecular complexity index is 598. The standard InChI is InChI=1S/C17H27N5O.HI/c1-3-18-16(19-11-12-5-9-20-22(12)2)21-14-13-6-10-23-15(13)17(14)7-4-8-17;/h5,9,13-15H,3-4,6-8,10-11H2,1-2H3,(H2,18,19,21);1H. The zero-order valence-corrected chi connectivity index (χ0v) is 16.8. The Balaban J connectivity index is 0.00000169. The van der Waals surface area contributed by atoms with E-state index >= 15 is 0 Å². The summed E-state index contributed by atoms with van der Waals surface area (Å²) in [6, 6.07) is 2.54. The Morgan fingerprint density at radius 1 is 1.50 bits per heavy atom. The molecule has 0 amide bonds. The molecule has 2 N–H and O–H groups in total. The molecule has 3 fully saturated rings. The topological polar surface area (TPSA) is 63.5 Å². The number of aryl methyl sites for hydroxylation is 1. The van der Waals surface area contributed by atoms with Crippen LogP contribution in [-0.2, 0) is 18.3 Å². The van der Waals surface area contributed by atoms with Gasteiger partial charge in [0.05, 0.1) is 18.3 Å². The van der Waals surface area contributed by atoms with E-state index in [1.165, 1.54) is 25.7 Å². The molecule has 1 aromatic heterocycles. The number of aromatic nitrogens is 2. The molecule has 134 valence electrons. The van der Waals surface area contributed by atoms with E-state index < -0.39 is 0 Å². The fourth-order valence-corrected chi connectivity index (χ4v) is 4.64. The van der Waals surface area contributed by atoms with Crippen molar-refractivity contribution in [3.05, 3.63) is 18.0 Å². The molecule has 2 saturated carbocycles. The first kappa shape index (κ1) is 18.0. The maximum Gasteiger partial charge on any atom is 0.191 e. The second kappa shape index (κ2) is 7.19. The molecule has 2 heterocycles. The molecule has 3 atom stereocenters. The van der Waals surface area contributed by atoms with Crippen LogP contribution >= 0.6 is 24.0 Å². The number of halogens is 1. The first-order chi connectivity index (χ1) is 11.2. The van der Waals surface area contributed by atoms with Gasteiger partial charge in [0.2, 0.25) is 0 Å². The maximum absolute atomic E-state index is 6.00. The number of nitrogens with zero attached hydrogens (tertiary/aromatic N) is 3. The SMILES string of the molecule is CCNC(=NCc1ccnn1C)NC1C2CCOC2C12CCC2.I. The van der Waals surface area contributed by atoms with Crippen LogP contribution in [0.5, 0.6) is 0 Å². The summed E-state index contributed by atoms with van der Waals surface area (Å²) in [7, 11) is 1.96. The van der Waals surface area contributed by atoms with Gasteiger partial charge in [-0.15, -0.1) is 24.0 Å². The Kier molecular flexibility index (Phi) is 5.39. The van der Waals surface area contributed by atoms with E-state index in [1.54, 1.807) is 0 Å². The Labute approximate surface area is 160 Å². The van der Waals surface area contributed by atoms with Crippen LogP contribution in [0.1, 0.15) is 38.3 Å². The van der Waals surface area contributed by atoms with Gasteiger partial charge in [-0.05, 0) is 32.3 Å². The Hall–Kier alpha value is -0.830. The molecule has 1 saturated heterocycles. The molecule has 1 spiro atoms. The average molecular weight is 445 g/mol. The van der Waals surface area contributed by atoms with Gasteiger partial charge in [0, 0.05) is 43.8 Å². The summed E-state index contributed by atoms with van der Waals surface area (Å²) >= 11 is 0. The third kappa shape index (κ3) is 2.83. The first-order valence-corrected chi connectivity index (χ1v) is 8.88. The van der Waals surface area contributed by atoms with Crippen molar-refractivity contribution >= 4 is 29.9 Å². The summed E-state index contributed by atoms with van der Waals surface area (Å²) in [6.07, 6.45) is 7.44. The average Bonchev–Trinajstić information content (AvgIpc) is 3.08. The van der Waals surface area contributed by atoms with Crippen molar-refractivity contribution in [2.45, 2.75) is 51.3 Å². The van der Waals surface area contributed by atoms with E-state index in [9.17, 15) is 0 Å². The lowest BCUT2D eigenvalue weighted by Crippen LogP contribution is -2.72. The van der Waals surface area contributed by atoms with Crippen molar-refractivity contribution in [3.63, 3.8) is 0 Å². The molecule has 4 rings (SSSR count). The lowest BCUT2D eigenvalue weighted by atomic mass is 9.46. The lowest BCUT2D eigenvalue weighted by molar-refractivity contribution is -0.171. The summed E-state index contributed by atoms with van der Waals surface area (Å²) in [5, 5.41) is 11.3. The molecule has 3 unspecified atom stereocenters. The van der Waals surface area contributed by atoms with Gasteiger partial charge in [-0.2, -0.15) is 5.10 Å². The van der Waals surface area contributed by atoms with Crippen molar-refractivity contribution in [3.8, 4) is 0 Å². The molecular formula is C17H28IN5O. The van der Waals surface area contributed by atoms with Crippen molar-refractivity contribution < 1.29 is 4.74 Å². The first-order valence-electron chi connectivity index (χ1n) is 8.88. The molecular weight excluding hydrogens is 417 g/mol. The molecule has 3 aliphatic rings. The molecule has 1 aromatic rings. The maximum atomic E-state index is 6.00. The minimum absolute atomic E-state index is 0. The largest absolute Gasteiger partial charge is 0.377 e. The van der Waals surface area contributed by atoms with Crippen LogP contribution < -0.4 is 10.6 Å². The third-order valence-electron chi connectivity index (χ3n) is 5.99. The predicted molar refractivity (Wildman–Crippen MR) is 104 cm³/mol. The zero-order chi connectivity index (χ0) is 15.9. The fourth-order valence-electron chi connectivity index (χ4n) is 4.64. The molecule has 0 aromatic carbocycles. The summed E-state index contributed by atoms with van der Waals surface area (Å²) in [6.45, 7) is 4.57. The van der Waals surface area contributed by atoms with E-state index in [0.717, 1.165) is 24.8 Å². The molecule has 2 aliphatic carbocycles. The van der Waals surface area contributed by atoms with Crippen molar-refractivity contribution in [2.24, 2.45) is 23.4 Å². The highest BCUT2D eigenvalue weighted by molar-refractivity contribution is 14.0. The summed E-state index contributed by atoms with van der Waals surface area (Å²) in [4.78, 5) is 4.77. The highest BCUT2D eigenvalue weighted by atomic mass is 127. The van der Waals surface area contributed by atoms with Crippen LogP contribution in [0, 0.1) is 11.3 Å². The van der Waals surface area contributed by atoms with Gasteiger partial charge in [0.15, 0.2) is 5.96 Å². The Morgan fingerprint density at radius 2 is 2.33 bits per heavy atom. The lowest BCUT2D eigenvalue weighted by Gasteiger charge is -2.63. The van der Waals surface area contributed by atoms with Crippen molar-refractivity contribution in [1.29, 1.82) is 0 Å². The van der Waals surface area contributed by atoms with E-state index in [-0.39, 0.29) is 24.0 Å². The monoisotopic (exact) mass is 445 g/mol. The number of guanidine groups is 1. The summed E-state index contributed by atoms with van der Waals surface area (Å²) in [5.74, 6) is 1.59. The van der Waals surface area contributed by atoms with E-state index in [0.29, 0.717) is 30.0 Å². The highest BCUT2D eigenvalue weighted by Crippen LogP contribution is 2.62. The molecule has 0 bridgehead atoms. The number of aliphatic imine (C=N–C) groups is 1. The van der Waals surface area contributed by atoms with Gasteiger partial charge in [0.1, 0.15) is 0 Å². The van der Waals surface area contributed by atoms with Gasteiger partial charge in [-0.25, -0.2) is 4.99 Å². The summed E-state index contributed by atoms with van der Waals surface area (Å²) in [5.41, 5.74) is 1.50. The minimum Gasteiger partial charge on any atom is -0.377 e. The number of nitrogens with one attached hydrogen (secondary N) is 2. The number of rotatable bonds is 4. The molecule has 24 heavy (non-hydrogen) atoms. The van der Waals surface area contributed by atoms with Crippen LogP contribution in [0.3, 0.4) is 0 Å². The van der Waals surface area contributed by atoms with Crippen molar-refractivity contribution in [2.75, 3.05) is 13.2 Å². The Morgan fingerprint density at radius 3 is 2.96 bits per heavy atom. The third-order valence-corrected chi connectivity index (χ3v) is 5.99. The van der Waals surface area contributed by atoms with E-state index in [4.69, 9.17) is 9.73 Å². The van der Waals surface area contributed by atoms with E-state index in [2.05, 4.69) is 22.7 Å².